The summed E-state index contributed by atoms with van der Waals surface area (Å²) in [5, 5.41) is 7.73. The molecule has 0 radical (unpaired) electrons. The predicted molar refractivity (Wildman–Crippen MR) is 81.8 cm³/mol. The molecule has 2 aromatic heterocycles. The van der Waals surface area contributed by atoms with Gasteiger partial charge in [0.25, 0.3) is 0 Å². The van der Waals surface area contributed by atoms with Gasteiger partial charge in [-0.05, 0) is 26.3 Å². The average molecular weight is 273 g/mol. The number of aromatic nitrogens is 4. The third kappa shape index (κ3) is 2.81. The van der Waals surface area contributed by atoms with Gasteiger partial charge >= 0.3 is 0 Å². The fourth-order valence-electron chi connectivity index (χ4n) is 2.17. The van der Waals surface area contributed by atoms with Crippen molar-refractivity contribution in [2.24, 2.45) is 0 Å². The summed E-state index contributed by atoms with van der Waals surface area (Å²) in [5.41, 5.74) is 3.13. The first-order chi connectivity index (χ1) is 9.71. The summed E-state index contributed by atoms with van der Waals surface area (Å²) < 4.78 is 1.97. The van der Waals surface area contributed by atoms with Crippen LogP contribution >= 0.6 is 0 Å². The fraction of sp³-hybridized carbons (Fsp3) is 0.533. The monoisotopic (exact) mass is 273 g/mol. The third-order valence-corrected chi connectivity index (χ3v) is 3.31. The highest BCUT2D eigenvalue weighted by Gasteiger charge is 2.14. The number of rotatable bonds is 6. The molecule has 0 aliphatic rings. The van der Waals surface area contributed by atoms with Crippen molar-refractivity contribution in [3.63, 3.8) is 0 Å². The lowest BCUT2D eigenvalue weighted by atomic mass is 10.1. The Balaban J connectivity index is 2.51. The second-order valence-corrected chi connectivity index (χ2v) is 4.77. The number of anilines is 1. The smallest absolute Gasteiger partial charge is 0.133 e. The zero-order valence-electron chi connectivity index (χ0n) is 12.8. The van der Waals surface area contributed by atoms with Crippen LogP contribution in [-0.4, -0.2) is 26.3 Å². The van der Waals surface area contributed by atoms with E-state index in [1.807, 2.05) is 16.9 Å². The van der Waals surface area contributed by atoms with E-state index in [0.29, 0.717) is 0 Å². The number of aryl methyl sites for hydroxylation is 2. The first kappa shape index (κ1) is 14.5. The molecule has 0 bridgehead atoms. The van der Waals surface area contributed by atoms with Gasteiger partial charge in [-0.1, -0.05) is 13.8 Å². The summed E-state index contributed by atoms with van der Waals surface area (Å²) in [6.07, 6.45) is 3.73. The summed E-state index contributed by atoms with van der Waals surface area (Å²) in [7, 11) is 0. The molecule has 0 saturated carbocycles. The van der Waals surface area contributed by atoms with Crippen LogP contribution in [0.2, 0.25) is 0 Å². The summed E-state index contributed by atoms with van der Waals surface area (Å²) in [5.74, 6) is 1.81. The highest BCUT2D eigenvalue weighted by Crippen LogP contribution is 2.25. The van der Waals surface area contributed by atoms with Crippen molar-refractivity contribution in [1.82, 2.24) is 19.7 Å². The van der Waals surface area contributed by atoms with E-state index in [1.54, 1.807) is 0 Å². The van der Waals surface area contributed by atoms with Gasteiger partial charge in [0.05, 0.1) is 11.4 Å². The third-order valence-electron chi connectivity index (χ3n) is 3.31. The van der Waals surface area contributed by atoms with Gasteiger partial charge in [0.15, 0.2) is 0 Å². The average Bonchev–Trinajstić information content (AvgIpc) is 2.94. The van der Waals surface area contributed by atoms with E-state index < -0.39 is 0 Å². The lowest BCUT2D eigenvalue weighted by Crippen LogP contribution is -2.10. The van der Waals surface area contributed by atoms with Crippen molar-refractivity contribution in [3.8, 4) is 11.4 Å². The Morgan fingerprint density at radius 1 is 1.20 bits per heavy atom. The topological polar surface area (TPSA) is 55.6 Å². The fourth-order valence-corrected chi connectivity index (χ4v) is 2.17. The molecule has 0 spiro atoms. The molecule has 0 saturated heterocycles. The van der Waals surface area contributed by atoms with E-state index in [4.69, 9.17) is 4.98 Å². The highest BCUT2D eigenvalue weighted by atomic mass is 15.3. The Morgan fingerprint density at radius 2 is 2.00 bits per heavy atom. The van der Waals surface area contributed by atoms with E-state index in [1.165, 1.54) is 0 Å². The van der Waals surface area contributed by atoms with Crippen LogP contribution in [0.1, 0.15) is 38.6 Å². The summed E-state index contributed by atoms with van der Waals surface area (Å²) in [4.78, 5) is 9.30. The molecule has 2 aromatic rings. The van der Waals surface area contributed by atoms with Crippen LogP contribution in [-0.2, 0) is 13.0 Å². The summed E-state index contributed by atoms with van der Waals surface area (Å²) in [6.45, 7) is 10.1. The highest BCUT2D eigenvalue weighted by molar-refractivity contribution is 5.65. The van der Waals surface area contributed by atoms with E-state index >= 15 is 0 Å². The van der Waals surface area contributed by atoms with Crippen LogP contribution in [0, 0.1) is 6.92 Å². The van der Waals surface area contributed by atoms with Crippen LogP contribution < -0.4 is 5.32 Å². The normalized spacial score (nSPS) is 10.8. The van der Waals surface area contributed by atoms with Gasteiger partial charge in [-0.25, -0.2) is 9.97 Å². The minimum absolute atomic E-state index is 0.828. The van der Waals surface area contributed by atoms with E-state index in [2.05, 4.69) is 43.1 Å². The molecule has 2 rings (SSSR count). The van der Waals surface area contributed by atoms with Gasteiger partial charge in [-0.15, -0.1) is 0 Å². The molecule has 0 unspecified atom stereocenters. The van der Waals surface area contributed by atoms with E-state index in [9.17, 15) is 0 Å². The summed E-state index contributed by atoms with van der Waals surface area (Å²) in [6, 6.07) is 2.02. The zero-order chi connectivity index (χ0) is 14.5. The minimum Gasteiger partial charge on any atom is -0.370 e. The van der Waals surface area contributed by atoms with Gasteiger partial charge in [0.2, 0.25) is 0 Å². The second kappa shape index (κ2) is 6.50. The van der Waals surface area contributed by atoms with Crippen molar-refractivity contribution >= 4 is 5.82 Å². The maximum atomic E-state index is 4.70. The zero-order valence-corrected chi connectivity index (χ0v) is 12.8. The largest absolute Gasteiger partial charge is 0.370 e. The second-order valence-electron chi connectivity index (χ2n) is 4.77. The molecule has 1 N–H and O–H groups in total. The van der Waals surface area contributed by atoms with E-state index in [0.717, 1.165) is 54.5 Å². The molecular weight excluding hydrogens is 250 g/mol. The van der Waals surface area contributed by atoms with Gasteiger partial charge in [0.1, 0.15) is 11.6 Å². The molecule has 0 atom stereocenters. The Labute approximate surface area is 120 Å². The maximum absolute atomic E-state index is 4.70. The van der Waals surface area contributed by atoms with Crippen LogP contribution in [0.15, 0.2) is 12.3 Å². The maximum Gasteiger partial charge on any atom is 0.133 e. The van der Waals surface area contributed by atoms with Crippen molar-refractivity contribution in [2.75, 3.05) is 11.9 Å². The molecule has 0 amide bonds. The van der Waals surface area contributed by atoms with E-state index in [-0.39, 0.29) is 0 Å². The molecular formula is C15H23N5. The van der Waals surface area contributed by atoms with Crippen molar-refractivity contribution in [1.29, 1.82) is 0 Å². The predicted octanol–water partition coefficient (Wildman–Crippen LogP) is 3.05. The molecule has 5 nitrogen and oxygen atoms in total. The molecule has 5 heteroatoms. The molecule has 0 fully saturated rings. The van der Waals surface area contributed by atoms with Crippen LogP contribution in [0.5, 0.6) is 0 Å². The van der Waals surface area contributed by atoms with Crippen LogP contribution in [0.4, 0.5) is 5.82 Å². The van der Waals surface area contributed by atoms with Gasteiger partial charge in [-0.2, -0.15) is 5.10 Å². The standard InChI is InChI=1S/C15H23N5/c1-5-9-16-15-11(4)14(18-13(6-2)19-15)12-8-10-17-20(12)7-3/h8,10H,5-7,9H2,1-4H3,(H,16,18,19). The Hall–Kier alpha value is -1.91. The Bertz CT molecular complexity index is 574. The first-order valence-corrected chi connectivity index (χ1v) is 7.34. The SMILES string of the molecule is CCCNc1nc(CC)nc(-c2ccnn2CC)c1C. The number of nitrogens with one attached hydrogen (secondary N) is 1. The molecule has 0 aliphatic carbocycles. The number of nitrogens with zero attached hydrogens (tertiary/aromatic N) is 4. The molecule has 20 heavy (non-hydrogen) atoms. The number of hydrogen-bond acceptors (Lipinski definition) is 4. The van der Waals surface area contributed by atoms with Gasteiger partial charge < -0.3 is 5.32 Å². The summed E-state index contributed by atoms with van der Waals surface area (Å²) >= 11 is 0. The quantitative estimate of drug-likeness (QED) is 0.879. The van der Waals surface area contributed by atoms with Crippen molar-refractivity contribution in [2.45, 2.75) is 47.1 Å². The molecule has 108 valence electrons. The first-order valence-electron chi connectivity index (χ1n) is 7.34. The van der Waals surface area contributed by atoms with Crippen molar-refractivity contribution in [3.05, 3.63) is 23.7 Å². The molecule has 0 aromatic carbocycles. The van der Waals surface area contributed by atoms with Crippen LogP contribution in [0.25, 0.3) is 11.4 Å². The van der Waals surface area contributed by atoms with Crippen molar-refractivity contribution < 1.29 is 0 Å². The minimum atomic E-state index is 0.828. The molecule has 0 aliphatic heterocycles. The lowest BCUT2D eigenvalue weighted by Gasteiger charge is -2.14. The Kier molecular flexibility index (Phi) is 4.71. The Morgan fingerprint density at radius 3 is 2.65 bits per heavy atom. The number of hydrogen-bond donors (Lipinski definition) is 1. The van der Waals surface area contributed by atoms with Crippen LogP contribution in [0.3, 0.4) is 0 Å². The van der Waals surface area contributed by atoms with Gasteiger partial charge in [-0.3, -0.25) is 4.68 Å². The lowest BCUT2D eigenvalue weighted by molar-refractivity contribution is 0.664. The van der Waals surface area contributed by atoms with Gasteiger partial charge in [0, 0.05) is 31.3 Å². The molecule has 2 heterocycles.